The Morgan fingerprint density at radius 1 is 1.11 bits per heavy atom. The van der Waals surface area contributed by atoms with E-state index in [0.717, 1.165) is 10.0 Å². The van der Waals surface area contributed by atoms with E-state index in [-0.39, 0.29) is 17.4 Å². The van der Waals surface area contributed by atoms with Gasteiger partial charge in [-0.2, -0.15) is 0 Å². The van der Waals surface area contributed by atoms with Crippen molar-refractivity contribution < 1.29 is 13.9 Å². The molecule has 0 saturated carbocycles. The fourth-order valence-electron chi connectivity index (χ4n) is 1.87. The molecule has 0 unspecified atom stereocenters. The quantitative estimate of drug-likeness (QED) is 0.736. The Morgan fingerprint density at radius 2 is 1.84 bits per heavy atom. The molecule has 0 radical (unpaired) electrons. The summed E-state index contributed by atoms with van der Waals surface area (Å²) in [6, 6.07) is 11.2. The topological polar surface area (TPSA) is 26.3 Å². The summed E-state index contributed by atoms with van der Waals surface area (Å²) in [5, 5.41) is 0. The number of hydrogen-bond acceptors (Lipinski definition) is 2. The molecule has 0 N–H and O–H groups in total. The molecule has 2 aromatic rings. The Labute approximate surface area is 117 Å². The molecule has 1 heterocycles. The van der Waals surface area contributed by atoms with Crippen LogP contribution in [0.5, 0.6) is 5.75 Å². The molecule has 0 aromatic heterocycles. The summed E-state index contributed by atoms with van der Waals surface area (Å²) in [5.74, 6) is 0.315. The SMILES string of the molecule is O=C1/C(=C/c2ccc(F)cc2)Oc2ccc(Br)cc21. The molecule has 0 spiro atoms. The van der Waals surface area contributed by atoms with Gasteiger partial charge in [0.1, 0.15) is 11.6 Å². The van der Waals surface area contributed by atoms with Crippen LogP contribution >= 0.6 is 15.9 Å². The second-order valence-electron chi connectivity index (χ2n) is 4.13. The number of benzene rings is 2. The summed E-state index contributed by atoms with van der Waals surface area (Å²) in [6.07, 6.45) is 1.61. The fraction of sp³-hybridized carbons (Fsp3) is 0. The van der Waals surface area contributed by atoms with Gasteiger partial charge in [-0.25, -0.2) is 4.39 Å². The third kappa shape index (κ3) is 2.31. The highest BCUT2D eigenvalue weighted by Gasteiger charge is 2.27. The number of allylic oxidation sites excluding steroid dienone is 1. The number of carbonyl (C=O) groups excluding carboxylic acids is 1. The minimum absolute atomic E-state index is 0.166. The Balaban J connectivity index is 1.97. The largest absolute Gasteiger partial charge is 0.452 e. The highest BCUT2D eigenvalue weighted by atomic mass is 79.9. The van der Waals surface area contributed by atoms with Gasteiger partial charge in [-0.3, -0.25) is 4.79 Å². The van der Waals surface area contributed by atoms with Crippen molar-refractivity contribution in [1.29, 1.82) is 0 Å². The zero-order valence-corrected chi connectivity index (χ0v) is 11.3. The van der Waals surface area contributed by atoms with E-state index in [1.807, 2.05) is 6.07 Å². The monoisotopic (exact) mass is 318 g/mol. The summed E-state index contributed by atoms with van der Waals surface area (Å²) < 4.78 is 19.1. The third-order valence-corrected chi connectivity index (χ3v) is 3.29. The summed E-state index contributed by atoms with van der Waals surface area (Å²) in [6.45, 7) is 0. The molecule has 3 rings (SSSR count). The van der Waals surface area contributed by atoms with Crippen LogP contribution < -0.4 is 4.74 Å². The fourth-order valence-corrected chi connectivity index (χ4v) is 2.23. The number of fused-ring (bicyclic) bond motifs is 1. The van der Waals surface area contributed by atoms with Crippen LogP contribution in [0.1, 0.15) is 15.9 Å². The predicted molar refractivity (Wildman–Crippen MR) is 73.5 cm³/mol. The number of ketones is 1. The van der Waals surface area contributed by atoms with Crippen LogP contribution in [-0.4, -0.2) is 5.78 Å². The molecule has 2 nitrogen and oxygen atoms in total. The number of Topliss-reactive ketones (excluding diaryl/α,β-unsaturated/α-hetero) is 1. The van der Waals surface area contributed by atoms with Gasteiger partial charge in [0, 0.05) is 4.47 Å². The Bertz CT molecular complexity index is 690. The molecule has 0 amide bonds. The molecular formula is C15H8BrFO2. The van der Waals surface area contributed by atoms with Crippen LogP contribution in [0.4, 0.5) is 4.39 Å². The first-order valence-corrected chi connectivity index (χ1v) is 6.42. The standard InChI is InChI=1S/C15H8BrFO2/c16-10-3-6-13-12(8-10)15(18)14(19-13)7-9-1-4-11(17)5-2-9/h1-8H/b14-7-. The van der Waals surface area contributed by atoms with Gasteiger partial charge in [-0.15, -0.1) is 0 Å². The molecule has 4 heteroatoms. The third-order valence-electron chi connectivity index (χ3n) is 2.80. The van der Waals surface area contributed by atoms with Crippen molar-refractivity contribution in [3.05, 3.63) is 69.6 Å². The van der Waals surface area contributed by atoms with Gasteiger partial charge in [-0.05, 0) is 42.0 Å². The maximum absolute atomic E-state index is 12.8. The maximum Gasteiger partial charge on any atom is 0.232 e. The van der Waals surface area contributed by atoms with Crippen LogP contribution in [0.15, 0.2) is 52.7 Å². The van der Waals surface area contributed by atoms with Crippen LogP contribution in [0.3, 0.4) is 0 Å². The molecule has 0 saturated heterocycles. The van der Waals surface area contributed by atoms with Gasteiger partial charge < -0.3 is 4.74 Å². The van der Waals surface area contributed by atoms with Crippen molar-refractivity contribution >= 4 is 27.8 Å². The van der Waals surface area contributed by atoms with Gasteiger partial charge in [0.25, 0.3) is 0 Å². The molecule has 94 valence electrons. The lowest BCUT2D eigenvalue weighted by Gasteiger charge is -1.98. The number of halogens is 2. The van der Waals surface area contributed by atoms with Gasteiger partial charge in [0.05, 0.1) is 5.56 Å². The molecule has 1 aliphatic heterocycles. The van der Waals surface area contributed by atoms with E-state index < -0.39 is 0 Å². The lowest BCUT2D eigenvalue weighted by Crippen LogP contribution is -1.98. The normalized spacial score (nSPS) is 15.5. The summed E-state index contributed by atoms with van der Waals surface area (Å²) in [4.78, 5) is 12.1. The van der Waals surface area contributed by atoms with Gasteiger partial charge in [0.2, 0.25) is 5.78 Å². The highest BCUT2D eigenvalue weighted by molar-refractivity contribution is 9.10. The smallest absolute Gasteiger partial charge is 0.232 e. The molecule has 0 atom stereocenters. The van der Waals surface area contributed by atoms with E-state index in [1.54, 1.807) is 30.3 Å². The van der Waals surface area contributed by atoms with Crippen molar-refractivity contribution in [2.24, 2.45) is 0 Å². The van der Waals surface area contributed by atoms with Gasteiger partial charge in [-0.1, -0.05) is 28.1 Å². The molecule has 1 aliphatic rings. The van der Waals surface area contributed by atoms with Gasteiger partial charge in [0.15, 0.2) is 5.76 Å². The number of carbonyl (C=O) groups is 1. The Kier molecular flexibility index (Phi) is 2.95. The maximum atomic E-state index is 12.8. The van der Waals surface area contributed by atoms with Crippen molar-refractivity contribution in [2.75, 3.05) is 0 Å². The first-order valence-electron chi connectivity index (χ1n) is 5.63. The zero-order chi connectivity index (χ0) is 13.4. The predicted octanol–water partition coefficient (Wildman–Crippen LogP) is 4.20. The first-order chi connectivity index (χ1) is 9.13. The van der Waals surface area contributed by atoms with E-state index in [0.29, 0.717) is 11.3 Å². The van der Waals surface area contributed by atoms with E-state index in [9.17, 15) is 9.18 Å². The van der Waals surface area contributed by atoms with Crippen LogP contribution in [0, 0.1) is 5.82 Å². The Hall–Kier alpha value is -1.94. The molecule has 0 fully saturated rings. The average molecular weight is 319 g/mol. The van der Waals surface area contributed by atoms with E-state index in [2.05, 4.69) is 15.9 Å². The van der Waals surface area contributed by atoms with Crippen molar-refractivity contribution in [2.45, 2.75) is 0 Å². The molecule has 2 aromatic carbocycles. The van der Waals surface area contributed by atoms with Crippen LogP contribution in [0.25, 0.3) is 6.08 Å². The van der Waals surface area contributed by atoms with Crippen molar-refractivity contribution in [3.8, 4) is 5.75 Å². The number of hydrogen-bond donors (Lipinski definition) is 0. The molecular weight excluding hydrogens is 311 g/mol. The minimum Gasteiger partial charge on any atom is -0.452 e. The number of ether oxygens (including phenoxy) is 1. The second kappa shape index (κ2) is 4.63. The molecule has 19 heavy (non-hydrogen) atoms. The summed E-state index contributed by atoms with van der Waals surface area (Å²) in [7, 11) is 0. The summed E-state index contributed by atoms with van der Waals surface area (Å²) >= 11 is 3.32. The minimum atomic E-state index is -0.312. The molecule has 0 bridgehead atoms. The first kappa shape index (κ1) is 12.1. The van der Waals surface area contributed by atoms with Crippen molar-refractivity contribution in [3.63, 3.8) is 0 Å². The second-order valence-corrected chi connectivity index (χ2v) is 5.05. The average Bonchev–Trinajstić information content (AvgIpc) is 2.70. The highest BCUT2D eigenvalue weighted by Crippen LogP contribution is 2.33. The van der Waals surface area contributed by atoms with E-state index in [4.69, 9.17) is 4.74 Å². The lowest BCUT2D eigenvalue weighted by atomic mass is 10.1. The lowest BCUT2D eigenvalue weighted by molar-refractivity contribution is 0.101. The zero-order valence-electron chi connectivity index (χ0n) is 9.69. The van der Waals surface area contributed by atoms with E-state index in [1.165, 1.54) is 12.1 Å². The summed E-state index contributed by atoms with van der Waals surface area (Å²) in [5.41, 5.74) is 1.25. The molecule has 0 aliphatic carbocycles. The van der Waals surface area contributed by atoms with E-state index >= 15 is 0 Å². The van der Waals surface area contributed by atoms with Crippen LogP contribution in [0.2, 0.25) is 0 Å². The van der Waals surface area contributed by atoms with Crippen LogP contribution in [-0.2, 0) is 0 Å². The van der Waals surface area contributed by atoms with Crippen molar-refractivity contribution in [1.82, 2.24) is 0 Å². The Morgan fingerprint density at radius 3 is 2.58 bits per heavy atom. The number of rotatable bonds is 1. The van der Waals surface area contributed by atoms with Gasteiger partial charge >= 0.3 is 0 Å².